The van der Waals surface area contributed by atoms with Gasteiger partial charge in [-0.15, -0.1) is 0 Å². The van der Waals surface area contributed by atoms with Crippen molar-refractivity contribution in [1.29, 1.82) is 0 Å². The molecule has 0 unspecified atom stereocenters. The highest BCUT2D eigenvalue weighted by Gasteiger charge is 2.29. The second-order valence-corrected chi connectivity index (χ2v) is 3.68. The Morgan fingerprint density at radius 3 is 2.38 bits per heavy atom. The van der Waals surface area contributed by atoms with E-state index < -0.39 is 18.6 Å². The maximum Gasteiger partial charge on any atom is 0.422 e. The minimum atomic E-state index is -4.48. The smallest absolute Gasteiger partial charge is 0.422 e. The number of hydrogen-bond donors (Lipinski definition) is 0. The SMILES string of the molecule is COc1cc(Br)c(F)cc1OCC(F)(F)F. The van der Waals surface area contributed by atoms with Gasteiger partial charge in [0.2, 0.25) is 0 Å². The van der Waals surface area contributed by atoms with Crippen LogP contribution < -0.4 is 9.47 Å². The molecule has 0 aliphatic carbocycles. The van der Waals surface area contributed by atoms with Crippen LogP contribution in [0.25, 0.3) is 0 Å². The molecule has 0 radical (unpaired) electrons. The van der Waals surface area contributed by atoms with Gasteiger partial charge in [0.15, 0.2) is 18.1 Å². The van der Waals surface area contributed by atoms with Crippen molar-refractivity contribution in [1.82, 2.24) is 0 Å². The molecule has 0 spiro atoms. The summed E-state index contributed by atoms with van der Waals surface area (Å²) in [7, 11) is 1.25. The molecule has 7 heteroatoms. The van der Waals surface area contributed by atoms with Crippen molar-refractivity contribution in [2.75, 3.05) is 13.7 Å². The fourth-order valence-corrected chi connectivity index (χ4v) is 1.26. The van der Waals surface area contributed by atoms with E-state index >= 15 is 0 Å². The summed E-state index contributed by atoms with van der Waals surface area (Å²) < 4.78 is 58.0. The van der Waals surface area contributed by atoms with Crippen molar-refractivity contribution < 1.29 is 27.0 Å². The first-order chi connectivity index (χ1) is 7.33. The summed E-state index contributed by atoms with van der Waals surface area (Å²) in [5, 5.41) is 0. The molecule has 0 bridgehead atoms. The maximum atomic E-state index is 13.1. The van der Waals surface area contributed by atoms with Crippen LogP contribution in [0.4, 0.5) is 17.6 Å². The molecule has 0 saturated carbocycles. The molecule has 0 amide bonds. The number of ether oxygens (including phenoxy) is 2. The van der Waals surface area contributed by atoms with Gasteiger partial charge in [-0.25, -0.2) is 4.39 Å². The van der Waals surface area contributed by atoms with Crippen molar-refractivity contribution in [3.8, 4) is 11.5 Å². The first-order valence-corrected chi connectivity index (χ1v) is 4.85. The highest BCUT2D eigenvalue weighted by molar-refractivity contribution is 9.10. The number of hydrogen-bond acceptors (Lipinski definition) is 2. The predicted molar refractivity (Wildman–Crippen MR) is 52.2 cm³/mol. The van der Waals surface area contributed by atoms with Crippen molar-refractivity contribution in [3.63, 3.8) is 0 Å². The van der Waals surface area contributed by atoms with Gasteiger partial charge in [-0.1, -0.05) is 0 Å². The van der Waals surface area contributed by atoms with Crippen molar-refractivity contribution in [2.24, 2.45) is 0 Å². The van der Waals surface area contributed by atoms with Gasteiger partial charge >= 0.3 is 6.18 Å². The van der Waals surface area contributed by atoms with Crippen LogP contribution in [0.5, 0.6) is 11.5 Å². The minimum Gasteiger partial charge on any atom is -0.493 e. The highest BCUT2D eigenvalue weighted by atomic mass is 79.9. The Bertz CT molecular complexity index is 379. The molecule has 0 heterocycles. The lowest BCUT2D eigenvalue weighted by Crippen LogP contribution is -2.19. The first kappa shape index (κ1) is 13.1. The van der Waals surface area contributed by atoms with Crippen LogP contribution in [-0.4, -0.2) is 19.9 Å². The van der Waals surface area contributed by atoms with Gasteiger partial charge in [0.1, 0.15) is 5.82 Å². The lowest BCUT2D eigenvalue weighted by molar-refractivity contribution is -0.153. The monoisotopic (exact) mass is 302 g/mol. The predicted octanol–water partition coefficient (Wildman–Crippen LogP) is 3.54. The van der Waals surface area contributed by atoms with Crippen LogP contribution in [0.1, 0.15) is 0 Å². The molecule has 1 rings (SSSR count). The molecule has 1 aromatic carbocycles. The summed E-state index contributed by atoms with van der Waals surface area (Å²) in [6, 6.07) is 2.02. The summed E-state index contributed by atoms with van der Waals surface area (Å²) in [6.07, 6.45) is -4.48. The molecule has 0 aliphatic rings. The number of methoxy groups -OCH3 is 1. The van der Waals surface area contributed by atoms with Gasteiger partial charge in [-0.05, 0) is 15.9 Å². The molecule has 0 aliphatic heterocycles. The van der Waals surface area contributed by atoms with Crippen LogP contribution in [0.15, 0.2) is 16.6 Å². The van der Waals surface area contributed by atoms with E-state index in [0.29, 0.717) is 0 Å². The molecule has 0 aromatic heterocycles. The Morgan fingerprint density at radius 1 is 1.25 bits per heavy atom. The topological polar surface area (TPSA) is 18.5 Å². The minimum absolute atomic E-state index is 0.0255. The van der Waals surface area contributed by atoms with Crippen LogP contribution in [0, 0.1) is 5.82 Å². The lowest BCUT2D eigenvalue weighted by atomic mass is 10.3. The fourth-order valence-electron chi connectivity index (χ4n) is 0.942. The maximum absolute atomic E-state index is 13.1. The third kappa shape index (κ3) is 3.55. The molecule has 1 aromatic rings. The fraction of sp³-hybridized carbons (Fsp3) is 0.333. The molecule has 0 N–H and O–H groups in total. The number of alkyl halides is 3. The molecule has 0 saturated heterocycles. The van der Waals surface area contributed by atoms with E-state index in [2.05, 4.69) is 20.7 Å². The Morgan fingerprint density at radius 2 is 1.88 bits per heavy atom. The molecule has 0 atom stereocenters. The van der Waals surface area contributed by atoms with Crippen LogP contribution in [0.3, 0.4) is 0 Å². The Hall–Kier alpha value is -0.980. The molecule has 16 heavy (non-hydrogen) atoms. The van der Waals surface area contributed by atoms with Gasteiger partial charge in [-0.2, -0.15) is 13.2 Å². The molecule has 90 valence electrons. The van der Waals surface area contributed by atoms with E-state index in [1.807, 2.05) is 0 Å². The Kier molecular flexibility index (Phi) is 4.01. The average molecular weight is 303 g/mol. The van der Waals surface area contributed by atoms with Gasteiger partial charge in [0.25, 0.3) is 0 Å². The van der Waals surface area contributed by atoms with E-state index in [1.165, 1.54) is 13.2 Å². The summed E-state index contributed by atoms with van der Waals surface area (Å²) in [5.41, 5.74) is 0. The lowest BCUT2D eigenvalue weighted by Gasteiger charge is -2.12. The number of benzene rings is 1. The molecular formula is C9H7BrF4O2. The van der Waals surface area contributed by atoms with Crippen molar-refractivity contribution in [2.45, 2.75) is 6.18 Å². The Labute approximate surface area is 97.3 Å². The molecular weight excluding hydrogens is 296 g/mol. The standard InChI is InChI=1S/C9H7BrF4O2/c1-15-7-2-5(10)6(11)3-8(7)16-4-9(12,13)14/h2-3H,4H2,1H3. The highest BCUT2D eigenvalue weighted by Crippen LogP contribution is 2.33. The summed E-state index contributed by atoms with van der Waals surface area (Å²) >= 11 is 2.88. The van der Waals surface area contributed by atoms with E-state index in [4.69, 9.17) is 4.74 Å². The summed E-state index contributed by atoms with van der Waals surface area (Å²) in [6.45, 7) is -1.50. The average Bonchev–Trinajstić information content (AvgIpc) is 2.18. The zero-order valence-corrected chi connectivity index (χ0v) is 9.65. The van der Waals surface area contributed by atoms with Gasteiger partial charge in [-0.3, -0.25) is 0 Å². The van der Waals surface area contributed by atoms with E-state index in [1.54, 1.807) is 0 Å². The third-order valence-electron chi connectivity index (χ3n) is 1.60. The largest absolute Gasteiger partial charge is 0.493 e. The number of halogens is 5. The summed E-state index contributed by atoms with van der Waals surface area (Å²) in [4.78, 5) is 0. The van der Waals surface area contributed by atoms with Crippen molar-refractivity contribution >= 4 is 15.9 Å². The van der Waals surface area contributed by atoms with E-state index in [0.717, 1.165) is 6.07 Å². The molecule has 0 fully saturated rings. The normalized spacial score (nSPS) is 11.4. The van der Waals surface area contributed by atoms with Gasteiger partial charge in [0, 0.05) is 12.1 Å². The first-order valence-electron chi connectivity index (χ1n) is 4.06. The zero-order valence-electron chi connectivity index (χ0n) is 8.07. The molecule has 2 nitrogen and oxygen atoms in total. The van der Waals surface area contributed by atoms with Crippen molar-refractivity contribution in [3.05, 3.63) is 22.4 Å². The van der Waals surface area contributed by atoms with Gasteiger partial charge < -0.3 is 9.47 Å². The van der Waals surface area contributed by atoms with Crippen LogP contribution in [0.2, 0.25) is 0 Å². The zero-order chi connectivity index (χ0) is 12.3. The van der Waals surface area contributed by atoms with Gasteiger partial charge in [0.05, 0.1) is 11.6 Å². The van der Waals surface area contributed by atoms with E-state index in [9.17, 15) is 17.6 Å². The Balaban J connectivity index is 2.90. The number of rotatable bonds is 3. The second-order valence-electron chi connectivity index (χ2n) is 2.82. The summed E-state index contributed by atoms with van der Waals surface area (Å²) in [5.74, 6) is -0.990. The van der Waals surface area contributed by atoms with E-state index in [-0.39, 0.29) is 16.0 Å². The quantitative estimate of drug-likeness (QED) is 0.795. The van der Waals surface area contributed by atoms with Crippen LogP contribution >= 0.6 is 15.9 Å². The van der Waals surface area contributed by atoms with Crippen LogP contribution in [-0.2, 0) is 0 Å². The third-order valence-corrected chi connectivity index (χ3v) is 2.21. The second kappa shape index (κ2) is 4.90.